The van der Waals surface area contributed by atoms with E-state index < -0.39 is 15.7 Å². The highest BCUT2D eigenvalue weighted by Gasteiger charge is 2.32. The lowest BCUT2D eigenvalue weighted by Gasteiger charge is -2.08. The highest BCUT2D eigenvalue weighted by atomic mass is 32.2. The Morgan fingerprint density at radius 1 is 1.46 bits per heavy atom. The number of rotatable bonds is 6. The summed E-state index contributed by atoms with van der Waals surface area (Å²) in [5, 5.41) is 13.4. The normalized spacial score (nSPS) is 18.7. The number of nitrogens with two attached hydrogens (primary N) is 1. The van der Waals surface area contributed by atoms with E-state index in [9.17, 15) is 18.0 Å². The van der Waals surface area contributed by atoms with Crippen molar-refractivity contribution >= 4 is 49.8 Å². The molecule has 0 spiro atoms. The third kappa shape index (κ3) is 4.07. The summed E-state index contributed by atoms with van der Waals surface area (Å²) in [6.45, 7) is 0. The quantitative estimate of drug-likeness (QED) is 0.659. The average Bonchev–Trinajstić information content (AvgIpc) is 3.24. The first-order valence-corrected chi connectivity index (χ1v) is 11.3. The van der Waals surface area contributed by atoms with Crippen molar-refractivity contribution < 1.29 is 18.0 Å². The molecule has 9 nitrogen and oxygen atoms in total. The van der Waals surface area contributed by atoms with Crippen LogP contribution in [-0.4, -0.2) is 52.3 Å². The summed E-state index contributed by atoms with van der Waals surface area (Å²) in [6, 6.07) is 1.56. The van der Waals surface area contributed by atoms with Gasteiger partial charge in [-0.1, -0.05) is 11.8 Å². The zero-order chi connectivity index (χ0) is 18.9. The molecule has 2 aromatic heterocycles. The molecule has 0 unspecified atom stereocenters. The zero-order valence-corrected chi connectivity index (χ0v) is 16.3. The summed E-state index contributed by atoms with van der Waals surface area (Å²) in [5.74, 6) is -0.123. The number of thioether (sulfide) groups is 1. The molecule has 1 aliphatic rings. The van der Waals surface area contributed by atoms with Crippen LogP contribution < -0.4 is 11.1 Å². The van der Waals surface area contributed by atoms with E-state index >= 15 is 0 Å². The largest absolute Gasteiger partial charge is 0.366 e. The average molecular weight is 416 g/mol. The van der Waals surface area contributed by atoms with Crippen molar-refractivity contribution in [3.8, 4) is 0 Å². The minimum absolute atomic E-state index is 0.0744. The molecule has 1 fully saturated rings. The monoisotopic (exact) mass is 415 g/mol. The number of sulfone groups is 1. The van der Waals surface area contributed by atoms with E-state index in [2.05, 4.69) is 15.5 Å². The summed E-state index contributed by atoms with van der Waals surface area (Å²) >= 11 is 2.41. The van der Waals surface area contributed by atoms with Gasteiger partial charge in [0.2, 0.25) is 5.91 Å². The molecule has 140 valence electrons. The maximum absolute atomic E-state index is 12.1. The minimum Gasteiger partial charge on any atom is -0.366 e. The van der Waals surface area contributed by atoms with E-state index in [-0.39, 0.29) is 34.6 Å². The van der Waals surface area contributed by atoms with Crippen LogP contribution in [0.3, 0.4) is 0 Å². The number of hydrogen-bond acceptors (Lipinski definition) is 8. The standard InChI is InChI=1S/C14H17N5O4S3/c1-19-12(8-3-5-26(22,23)7-8)17-18-14(19)25-6-10(20)16-13-9(11(15)21)2-4-24-13/h2,4,8H,3,5-7H2,1H3,(H2,15,21)(H,16,20)/t8-/m1/s1. The number of hydrogen-bond donors (Lipinski definition) is 2. The SMILES string of the molecule is Cn1c(SCC(=O)Nc2sccc2C(N)=O)nnc1[C@@H]1CCS(=O)(=O)C1. The van der Waals surface area contributed by atoms with Crippen LogP contribution in [0.4, 0.5) is 5.00 Å². The molecule has 26 heavy (non-hydrogen) atoms. The van der Waals surface area contributed by atoms with E-state index in [4.69, 9.17) is 5.73 Å². The third-order valence-electron chi connectivity index (χ3n) is 3.98. The fourth-order valence-corrected chi connectivity index (χ4v) is 5.96. The van der Waals surface area contributed by atoms with Gasteiger partial charge in [0, 0.05) is 13.0 Å². The van der Waals surface area contributed by atoms with E-state index in [1.807, 2.05) is 0 Å². The van der Waals surface area contributed by atoms with E-state index in [0.717, 1.165) is 0 Å². The first kappa shape index (κ1) is 18.9. The molecular formula is C14H17N5O4S3. The van der Waals surface area contributed by atoms with Crippen molar-refractivity contribution in [2.45, 2.75) is 17.5 Å². The number of primary amides is 1. The molecule has 3 heterocycles. The number of aromatic nitrogens is 3. The molecule has 0 radical (unpaired) electrons. The number of amides is 2. The molecule has 0 bridgehead atoms. The number of carbonyl (C=O) groups excluding carboxylic acids is 2. The van der Waals surface area contributed by atoms with Crippen LogP contribution in [0.25, 0.3) is 0 Å². The second-order valence-corrected chi connectivity index (χ2v) is 9.95. The van der Waals surface area contributed by atoms with Crippen LogP contribution in [0.5, 0.6) is 0 Å². The molecule has 1 saturated heterocycles. The van der Waals surface area contributed by atoms with Crippen LogP contribution in [0, 0.1) is 0 Å². The highest BCUT2D eigenvalue weighted by molar-refractivity contribution is 7.99. The van der Waals surface area contributed by atoms with Crippen molar-refractivity contribution in [2.75, 3.05) is 22.6 Å². The minimum atomic E-state index is -3.01. The van der Waals surface area contributed by atoms with E-state index in [1.54, 1.807) is 23.1 Å². The topological polar surface area (TPSA) is 137 Å². The Hall–Kier alpha value is -1.92. The Balaban J connectivity index is 1.61. The summed E-state index contributed by atoms with van der Waals surface area (Å²) < 4.78 is 25.0. The number of nitrogens with one attached hydrogen (secondary N) is 1. The van der Waals surface area contributed by atoms with Gasteiger partial charge in [0.25, 0.3) is 5.91 Å². The Bertz CT molecular complexity index is 950. The van der Waals surface area contributed by atoms with E-state index in [1.165, 1.54) is 23.1 Å². The first-order chi connectivity index (χ1) is 12.3. The summed E-state index contributed by atoms with van der Waals surface area (Å²) in [4.78, 5) is 23.4. The van der Waals surface area contributed by atoms with Crippen molar-refractivity contribution in [3.05, 3.63) is 22.8 Å². The number of thiophene rings is 1. The maximum Gasteiger partial charge on any atom is 0.251 e. The summed E-state index contributed by atoms with van der Waals surface area (Å²) in [7, 11) is -1.25. The van der Waals surface area contributed by atoms with Gasteiger partial charge < -0.3 is 15.6 Å². The van der Waals surface area contributed by atoms with Gasteiger partial charge >= 0.3 is 0 Å². The summed E-state index contributed by atoms with van der Waals surface area (Å²) in [5.41, 5.74) is 5.52. The van der Waals surface area contributed by atoms with Gasteiger partial charge in [-0.3, -0.25) is 9.59 Å². The highest BCUT2D eigenvalue weighted by Crippen LogP contribution is 2.29. The zero-order valence-electron chi connectivity index (χ0n) is 13.8. The van der Waals surface area contributed by atoms with Crippen LogP contribution >= 0.6 is 23.1 Å². The molecule has 1 atom stereocenters. The fraction of sp³-hybridized carbons (Fsp3) is 0.429. The van der Waals surface area contributed by atoms with Gasteiger partial charge in [-0.2, -0.15) is 0 Å². The predicted molar refractivity (Wildman–Crippen MR) is 99.2 cm³/mol. The van der Waals surface area contributed by atoms with Crippen molar-refractivity contribution in [3.63, 3.8) is 0 Å². The number of nitrogens with zero attached hydrogens (tertiary/aromatic N) is 3. The molecule has 1 aliphatic heterocycles. The fourth-order valence-electron chi connectivity index (χ4n) is 2.70. The molecule has 2 aromatic rings. The van der Waals surface area contributed by atoms with Gasteiger partial charge in [-0.25, -0.2) is 8.42 Å². The smallest absolute Gasteiger partial charge is 0.251 e. The van der Waals surface area contributed by atoms with Crippen LogP contribution in [0.1, 0.15) is 28.5 Å². The molecule has 12 heteroatoms. The molecular weight excluding hydrogens is 398 g/mol. The lowest BCUT2D eigenvalue weighted by molar-refractivity contribution is -0.113. The molecule has 3 N–H and O–H groups in total. The molecule has 0 aliphatic carbocycles. The van der Waals surface area contributed by atoms with Crippen molar-refractivity contribution in [1.82, 2.24) is 14.8 Å². The van der Waals surface area contributed by atoms with Gasteiger partial charge in [0.15, 0.2) is 15.0 Å². The lowest BCUT2D eigenvalue weighted by atomic mass is 10.1. The summed E-state index contributed by atoms with van der Waals surface area (Å²) in [6.07, 6.45) is 0.535. The van der Waals surface area contributed by atoms with Crippen molar-refractivity contribution in [1.29, 1.82) is 0 Å². The maximum atomic E-state index is 12.1. The van der Waals surface area contributed by atoms with Crippen LogP contribution in [0.15, 0.2) is 16.6 Å². The second kappa shape index (κ2) is 7.37. The number of carbonyl (C=O) groups is 2. The third-order valence-corrected chi connectivity index (χ3v) is 7.60. The molecule has 3 rings (SSSR count). The van der Waals surface area contributed by atoms with Crippen LogP contribution in [0.2, 0.25) is 0 Å². The van der Waals surface area contributed by atoms with Gasteiger partial charge in [0.1, 0.15) is 10.8 Å². The Morgan fingerprint density at radius 2 is 2.23 bits per heavy atom. The molecule has 2 amide bonds. The first-order valence-electron chi connectivity index (χ1n) is 7.66. The Morgan fingerprint density at radius 3 is 2.88 bits per heavy atom. The second-order valence-electron chi connectivity index (χ2n) is 5.86. The van der Waals surface area contributed by atoms with Gasteiger partial charge in [-0.15, -0.1) is 21.5 Å². The lowest BCUT2D eigenvalue weighted by Crippen LogP contribution is -2.18. The Kier molecular flexibility index (Phi) is 5.34. The van der Waals surface area contributed by atoms with E-state index in [0.29, 0.717) is 22.4 Å². The van der Waals surface area contributed by atoms with Crippen molar-refractivity contribution in [2.24, 2.45) is 12.8 Å². The van der Waals surface area contributed by atoms with Gasteiger partial charge in [-0.05, 0) is 17.9 Å². The molecule has 0 aromatic carbocycles. The van der Waals surface area contributed by atoms with Crippen LogP contribution in [-0.2, 0) is 21.7 Å². The Labute approximate surface area is 158 Å². The predicted octanol–water partition coefficient (Wildman–Crippen LogP) is 0.608. The van der Waals surface area contributed by atoms with Gasteiger partial charge in [0.05, 0.1) is 22.8 Å². The molecule has 0 saturated carbocycles. The number of anilines is 1.